The van der Waals surface area contributed by atoms with E-state index in [0.29, 0.717) is 25.6 Å². The van der Waals surface area contributed by atoms with Crippen molar-refractivity contribution in [2.45, 2.75) is 20.3 Å². The summed E-state index contributed by atoms with van der Waals surface area (Å²) in [6.07, 6.45) is 0.298. The average Bonchev–Trinajstić information content (AvgIpc) is 2.81. The summed E-state index contributed by atoms with van der Waals surface area (Å²) >= 11 is 0. The first-order valence-electron chi connectivity index (χ1n) is 11.0. The number of anilines is 4. The minimum atomic E-state index is -0.0718. The fourth-order valence-electron chi connectivity index (χ4n) is 3.77. The lowest BCUT2D eigenvalue weighted by Crippen LogP contribution is -2.36. The molecule has 4 rings (SSSR count). The maximum absolute atomic E-state index is 12.5. The Morgan fingerprint density at radius 2 is 1.76 bits per heavy atom. The molecular formula is C25H29N5O3. The number of nitrogens with zero attached hydrogens (tertiary/aromatic N) is 3. The van der Waals surface area contributed by atoms with Gasteiger partial charge in [-0.25, -0.2) is 4.98 Å². The van der Waals surface area contributed by atoms with Crippen LogP contribution in [0, 0.1) is 13.8 Å². The molecule has 1 saturated heterocycles. The Morgan fingerprint density at radius 1 is 1.03 bits per heavy atom. The molecule has 0 radical (unpaired) electrons. The number of aromatic nitrogens is 2. The van der Waals surface area contributed by atoms with Crippen LogP contribution in [0.4, 0.5) is 23.1 Å². The molecule has 1 aromatic heterocycles. The monoisotopic (exact) mass is 447 g/mol. The van der Waals surface area contributed by atoms with Crippen LogP contribution in [0.3, 0.4) is 0 Å². The van der Waals surface area contributed by atoms with Crippen LogP contribution in [-0.4, -0.2) is 49.3 Å². The highest BCUT2D eigenvalue weighted by atomic mass is 16.5. The lowest BCUT2D eigenvalue weighted by Gasteiger charge is -2.28. The second kappa shape index (κ2) is 10.3. The maximum Gasteiger partial charge on any atom is 0.229 e. The fraction of sp³-hybridized carbons (Fsp3) is 0.320. The molecule has 8 nitrogen and oxygen atoms in total. The molecule has 0 spiro atoms. The molecule has 1 aliphatic heterocycles. The molecule has 0 bridgehead atoms. The zero-order valence-corrected chi connectivity index (χ0v) is 19.2. The van der Waals surface area contributed by atoms with Crippen molar-refractivity contribution in [1.29, 1.82) is 0 Å². The molecule has 1 amide bonds. The van der Waals surface area contributed by atoms with Crippen molar-refractivity contribution in [3.63, 3.8) is 0 Å². The average molecular weight is 448 g/mol. The minimum absolute atomic E-state index is 0.0718. The number of rotatable bonds is 7. The summed E-state index contributed by atoms with van der Waals surface area (Å²) in [7, 11) is 1.64. The van der Waals surface area contributed by atoms with Gasteiger partial charge in [-0.1, -0.05) is 12.1 Å². The number of aryl methyl sites for hydroxylation is 2. The standard InChI is InChI=1S/C25H29N5O3/c1-17-14-19(4-9-22(17)32-3)16-24(31)27-20-5-7-21(8-6-20)28-25-26-18(2)15-23(29-25)30-10-12-33-13-11-30/h4-9,14-15H,10-13,16H2,1-3H3,(H,27,31)(H,26,28,29). The smallest absolute Gasteiger partial charge is 0.229 e. The van der Waals surface area contributed by atoms with Crippen LogP contribution in [0.2, 0.25) is 0 Å². The molecule has 3 aromatic rings. The molecule has 0 aliphatic carbocycles. The Balaban J connectivity index is 1.37. The van der Waals surface area contributed by atoms with Crippen molar-refractivity contribution < 1.29 is 14.3 Å². The summed E-state index contributed by atoms with van der Waals surface area (Å²) in [4.78, 5) is 23.8. The molecule has 33 heavy (non-hydrogen) atoms. The third-order valence-corrected chi connectivity index (χ3v) is 5.42. The SMILES string of the molecule is COc1ccc(CC(=O)Nc2ccc(Nc3nc(C)cc(N4CCOCC4)n3)cc2)cc1C. The van der Waals surface area contributed by atoms with E-state index in [0.717, 1.165) is 52.9 Å². The van der Waals surface area contributed by atoms with Crippen LogP contribution in [0.15, 0.2) is 48.5 Å². The molecule has 8 heteroatoms. The number of hydrogen-bond donors (Lipinski definition) is 2. The first kappa shape index (κ1) is 22.5. The van der Waals surface area contributed by atoms with E-state index < -0.39 is 0 Å². The van der Waals surface area contributed by atoms with Crippen LogP contribution in [0.1, 0.15) is 16.8 Å². The van der Waals surface area contributed by atoms with Gasteiger partial charge in [0.15, 0.2) is 0 Å². The van der Waals surface area contributed by atoms with Crippen molar-refractivity contribution in [2.75, 3.05) is 48.9 Å². The van der Waals surface area contributed by atoms with Gasteiger partial charge in [-0.05, 0) is 55.3 Å². The third-order valence-electron chi connectivity index (χ3n) is 5.42. The lowest BCUT2D eigenvalue weighted by atomic mass is 10.1. The van der Waals surface area contributed by atoms with Gasteiger partial charge in [0.25, 0.3) is 0 Å². The van der Waals surface area contributed by atoms with E-state index in [1.807, 2.05) is 62.4 Å². The third kappa shape index (κ3) is 5.98. The highest BCUT2D eigenvalue weighted by Gasteiger charge is 2.14. The Bertz CT molecular complexity index is 1110. The summed E-state index contributed by atoms with van der Waals surface area (Å²) < 4.78 is 10.7. The van der Waals surface area contributed by atoms with Crippen LogP contribution in [-0.2, 0) is 16.0 Å². The molecule has 172 valence electrons. The second-order valence-corrected chi connectivity index (χ2v) is 8.02. The Hall–Kier alpha value is -3.65. The van der Waals surface area contributed by atoms with E-state index in [-0.39, 0.29) is 5.91 Å². The Labute approximate surface area is 194 Å². The first-order chi connectivity index (χ1) is 16.0. The zero-order chi connectivity index (χ0) is 23.2. The maximum atomic E-state index is 12.5. The molecule has 0 atom stereocenters. The van der Waals surface area contributed by atoms with Gasteiger partial charge in [0, 0.05) is 36.2 Å². The number of hydrogen-bond acceptors (Lipinski definition) is 7. The highest BCUT2D eigenvalue weighted by Crippen LogP contribution is 2.22. The normalized spacial score (nSPS) is 13.5. The molecule has 0 saturated carbocycles. The number of ether oxygens (including phenoxy) is 2. The molecule has 2 heterocycles. The van der Waals surface area contributed by atoms with Gasteiger partial charge in [-0.2, -0.15) is 4.98 Å². The predicted molar refractivity (Wildman–Crippen MR) is 130 cm³/mol. The van der Waals surface area contributed by atoms with E-state index in [9.17, 15) is 4.79 Å². The zero-order valence-electron chi connectivity index (χ0n) is 19.2. The topological polar surface area (TPSA) is 88.6 Å². The second-order valence-electron chi connectivity index (χ2n) is 8.02. The van der Waals surface area contributed by atoms with Gasteiger partial charge < -0.3 is 25.0 Å². The summed E-state index contributed by atoms with van der Waals surface area (Å²) in [6.45, 7) is 6.97. The van der Waals surface area contributed by atoms with Gasteiger partial charge in [0.05, 0.1) is 26.7 Å². The van der Waals surface area contributed by atoms with Gasteiger partial charge in [-0.3, -0.25) is 4.79 Å². The number of morpholine rings is 1. The van der Waals surface area contributed by atoms with Crippen molar-refractivity contribution in [1.82, 2.24) is 9.97 Å². The van der Waals surface area contributed by atoms with E-state index in [1.165, 1.54) is 0 Å². The molecular weight excluding hydrogens is 418 g/mol. The van der Waals surface area contributed by atoms with Crippen molar-refractivity contribution in [3.05, 3.63) is 65.4 Å². The summed E-state index contributed by atoms with van der Waals surface area (Å²) in [5.41, 5.74) is 4.42. The van der Waals surface area contributed by atoms with E-state index in [1.54, 1.807) is 7.11 Å². The molecule has 0 unspecified atom stereocenters. The number of benzene rings is 2. The van der Waals surface area contributed by atoms with E-state index in [2.05, 4.69) is 25.5 Å². The highest BCUT2D eigenvalue weighted by molar-refractivity contribution is 5.92. The summed E-state index contributed by atoms with van der Waals surface area (Å²) in [6, 6.07) is 15.3. The molecule has 2 N–H and O–H groups in total. The lowest BCUT2D eigenvalue weighted by molar-refractivity contribution is -0.115. The van der Waals surface area contributed by atoms with Crippen molar-refractivity contribution in [2.24, 2.45) is 0 Å². The summed E-state index contributed by atoms with van der Waals surface area (Å²) in [5.74, 6) is 2.18. The molecule has 1 fully saturated rings. The van der Waals surface area contributed by atoms with Crippen LogP contribution < -0.4 is 20.3 Å². The Kier molecular flexibility index (Phi) is 7.04. The van der Waals surface area contributed by atoms with Crippen LogP contribution in [0.5, 0.6) is 5.75 Å². The van der Waals surface area contributed by atoms with Crippen LogP contribution in [0.25, 0.3) is 0 Å². The quantitative estimate of drug-likeness (QED) is 0.568. The number of carbonyl (C=O) groups is 1. The number of nitrogens with one attached hydrogen (secondary N) is 2. The fourth-order valence-corrected chi connectivity index (χ4v) is 3.77. The number of amides is 1. The first-order valence-corrected chi connectivity index (χ1v) is 11.0. The number of methoxy groups -OCH3 is 1. The van der Waals surface area contributed by atoms with Crippen LogP contribution >= 0.6 is 0 Å². The summed E-state index contributed by atoms with van der Waals surface area (Å²) in [5, 5.41) is 6.20. The van der Waals surface area contributed by atoms with Crippen molar-refractivity contribution >= 4 is 29.0 Å². The molecule has 1 aliphatic rings. The Morgan fingerprint density at radius 3 is 2.45 bits per heavy atom. The van der Waals surface area contributed by atoms with Gasteiger partial charge in [0.2, 0.25) is 11.9 Å². The van der Waals surface area contributed by atoms with E-state index >= 15 is 0 Å². The van der Waals surface area contributed by atoms with Gasteiger partial charge in [-0.15, -0.1) is 0 Å². The minimum Gasteiger partial charge on any atom is -0.496 e. The number of carbonyl (C=O) groups excluding carboxylic acids is 1. The van der Waals surface area contributed by atoms with E-state index in [4.69, 9.17) is 9.47 Å². The largest absolute Gasteiger partial charge is 0.496 e. The van der Waals surface area contributed by atoms with Gasteiger partial charge in [0.1, 0.15) is 11.6 Å². The van der Waals surface area contributed by atoms with Gasteiger partial charge >= 0.3 is 0 Å². The predicted octanol–water partition coefficient (Wildman–Crippen LogP) is 3.86. The van der Waals surface area contributed by atoms with Crippen molar-refractivity contribution in [3.8, 4) is 5.75 Å². The molecule has 2 aromatic carbocycles.